The highest BCUT2D eigenvalue weighted by atomic mass is 35.5. The lowest BCUT2D eigenvalue weighted by molar-refractivity contribution is -0.384. The van der Waals surface area contributed by atoms with E-state index in [-0.39, 0.29) is 29.4 Å². The topological polar surface area (TPSA) is 102 Å². The van der Waals surface area contributed by atoms with Gasteiger partial charge >= 0.3 is 0 Å². The predicted octanol–water partition coefficient (Wildman–Crippen LogP) is 4.10. The number of nitrogens with zero attached hydrogens (tertiary/aromatic N) is 2. The van der Waals surface area contributed by atoms with Crippen molar-refractivity contribution in [3.8, 4) is 5.75 Å². The number of rotatable bonds is 7. The number of hydrogen-bond donors (Lipinski definition) is 1. The number of hydrogen-bond acceptors (Lipinski definition) is 6. The van der Waals surface area contributed by atoms with E-state index in [4.69, 9.17) is 16.3 Å². The second-order valence-electron chi connectivity index (χ2n) is 7.14. The Morgan fingerprint density at radius 2 is 1.80 bits per heavy atom. The van der Waals surface area contributed by atoms with Crippen LogP contribution in [-0.2, 0) is 9.59 Å². The maximum absolute atomic E-state index is 13.1. The van der Waals surface area contributed by atoms with Gasteiger partial charge in [-0.15, -0.1) is 0 Å². The van der Waals surface area contributed by atoms with Crippen LogP contribution in [0, 0.1) is 16.0 Å². The van der Waals surface area contributed by atoms with Gasteiger partial charge in [-0.1, -0.05) is 25.4 Å². The van der Waals surface area contributed by atoms with Crippen molar-refractivity contribution in [3.63, 3.8) is 0 Å². The second kappa shape index (κ2) is 8.54. The highest BCUT2D eigenvalue weighted by Crippen LogP contribution is 2.33. The van der Waals surface area contributed by atoms with Crippen LogP contribution >= 0.6 is 11.6 Å². The van der Waals surface area contributed by atoms with E-state index in [1.165, 1.54) is 36.3 Å². The van der Waals surface area contributed by atoms with Crippen molar-refractivity contribution < 1.29 is 19.2 Å². The van der Waals surface area contributed by atoms with Crippen molar-refractivity contribution in [2.45, 2.75) is 13.8 Å². The summed E-state index contributed by atoms with van der Waals surface area (Å²) in [5.74, 6) is -0.369. The van der Waals surface area contributed by atoms with Crippen LogP contribution in [0.5, 0.6) is 5.75 Å². The van der Waals surface area contributed by atoms with Gasteiger partial charge in [0.05, 0.1) is 22.6 Å². The average molecular weight is 430 g/mol. The molecule has 3 rings (SSSR count). The van der Waals surface area contributed by atoms with Gasteiger partial charge in [-0.25, -0.2) is 0 Å². The molecule has 2 aromatic rings. The van der Waals surface area contributed by atoms with Crippen LogP contribution in [0.25, 0.3) is 5.57 Å². The molecule has 1 heterocycles. The summed E-state index contributed by atoms with van der Waals surface area (Å²) in [6.45, 7) is 4.06. The monoisotopic (exact) mass is 429 g/mol. The molecule has 0 fully saturated rings. The summed E-state index contributed by atoms with van der Waals surface area (Å²) in [6, 6.07) is 10.4. The number of ether oxygens (including phenoxy) is 1. The Kier molecular flexibility index (Phi) is 6.07. The van der Waals surface area contributed by atoms with E-state index in [1.54, 1.807) is 18.2 Å². The van der Waals surface area contributed by atoms with Crippen LogP contribution in [0.2, 0.25) is 5.02 Å². The molecule has 156 valence electrons. The molecule has 0 aliphatic carbocycles. The molecule has 0 saturated heterocycles. The normalized spacial score (nSPS) is 14.0. The number of nitro groups is 1. The van der Waals surface area contributed by atoms with E-state index < -0.39 is 16.7 Å². The van der Waals surface area contributed by atoms with Gasteiger partial charge < -0.3 is 10.1 Å². The minimum atomic E-state index is -0.524. The molecule has 0 bridgehead atoms. The fraction of sp³-hybridized carbons (Fsp3) is 0.238. The lowest BCUT2D eigenvalue weighted by Crippen LogP contribution is -2.35. The third kappa shape index (κ3) is 4.13. The summed E-state index contributed by atoms with van der Waals surface area (Å²) in [5.41, 5.74) is 1.06. The molecule has 1 aliphatic rings. The number of anilines is 1. The van der Waals surface area contributed by atoms with Gasteiger partial charge in [-0.05, 0) is 41.8 Å². The van der Waals surface area contributed by atoms with Crippen LogP contribution in [0.15, 0.2) is 48.2 Å². The first-order valence-corrected chi connectivity index (χ1v) is 9.56. The van der Waals surface area contributed by atoms with Gasteiger partial charge in [0.15, 0.2) is 0 Å². The summed E-state index contributed by atoms with van der Waals surface area (Å²) in [5, 5.41) is 14.3. The maximum atomic E-state index is 13.1. The smallest absolute Gasteiger partial charge is 0.278 e. The van der Waals surface area contributed by atoms with E-state index in [9.17, 15) is 19.7 Å². The first kappa shape index (κ1) is 21.3. The average Bonchev–Trinajstić information content (AvgIpc) is 2.92. The van der Waals surface area contributed by atoms with E-state index in [0.717, 1.165) is 0 Å². The van der Waals surface area contributed by atoms with Gasteiger partial charge in [0.25, 0.3) is 17.5 Å². The Labute approximate surface area is 178 Å². The number of halogens is 1. The molecule has 0 radical (unpaired) electrons. The number of nitrogens with one attached hydrogen (secondary N) is 1. The van der Waals surface area contributed by atoms with Crippen molar-refractivity contribution in [3.05, 3.63) is 68.9 Å². The number of methoxy groups -OCH3 is 1. The molecule has 0 spiro atoms. The second-order valence-corrected chi connectivity index (χ2v) is 7.55. The minimum Gasteiger partial charge on any atom is -0.495 e. The molecule has 0 atom stereocenters. The molecular formula is C21H20ClN3O5. The summed E-state index contributed by atoms with van der Waals surface area (Å²) in [4.78, 5) is 37.7. The number of carbonyl (C=O) groups is 2. The third-order valence-corrected chi connectivity index (χ3v) is 4.80. The molecule has 30 heavy (non-hydrogen) atoms. The molecule has 9 heteroatoms. The van der Waals surface area contributed by atoms with E-state index in [1.807, 2.05) is 13.8 Å². The van der Waals surface area contributed by atoms with Crippen LogP contribution < -0.4 is 10.1 Å². The van der Waals surface area contributed by atoms with Crippen LogP contribution in [-0.4, -0.2) is 35.3 Å². The van der Waals surface area contributed by atoms with Crippen molar-refractivity contribution in [1.82, 2.24) is 4.90 Å². The van der Waals surface area contributed by atoms with Gasteiger partial charge in [0, 0.05) is 24.4 Å². The number of nitro benzene ring substituents is 1. The summed E-state index contributed by atoms with van der Waals surface area (Å²) >= 11 is 6.17. The summed E-state index contributed by atoms with van der Waals surface area (Å²) in [7, 11) is 1.49. The SMILES string of the molecule is COc1ccc(NC2=C(c3ccc([N+](=O)[O-])cc3)C(=O)N(CC(C)C)C2=O)cc1Cl. The van der Waals surface area contributed by atoms with Crippen LogP contribution in [0.3, 0.4) is 0 Å². The molecule has 2 amide bonds. The van der Waals surface area contributed by atoms with E-state index in [2.05, 4.69) is 5.32 Å². The zero-order valence-corrected chi connectivity index (χ0v) is 17.4. The summed E-state index contributed by atoms with van der Waals surface area (Å²) < 4.78 is 5.13. The highest BCUT2D eigenvalue weighted by Gasteiger charge is 2.39. The minimum absolute atomic E-state index is 0.0748. The molecular weight excluding hydrogens is 410 g/mol. The van der Waals surface area contributed by atoms with Gasteiger partial charge in [0.1, 0.15) is 11.4 Å². The Bertz CT molecular complexity index is 1050. The molecule has 1 N–H and O–H groups in total. The van der Waals surface area contributed by atoms with Crippen molar-refractivity contribution in [1.29, 1.82) is 0 Å². The Morgan fingerprint density at radius 3 is 2.33 bits per heavy atom. The number of carbonyl (C=O) groups excluding carboxylic acids is 2. The van der Waals surface area contributed by atoms with Gasteiger partial charge in [-0.3, -0.25) is 24.6 Å². The van der Waals surface area contributed by atoms with E-state index in [0.29, 0.717) is 22.0 Å². The fourth-order valence-corrected chi connectivity index (χ4v) is 3.39. The Balaban J connectivity index is 2.06. The Morgan fingerprint density at radius 1 is 1.13 bits per heavy atom. The van der Waals surface area contributed by atoms with Crippen LogP contribution in [0.1, 0.15) is 19.4 Å². The zero-order valence-electron chi connectivity index (χ0n) is 16.6. The quantitative estimate of drug-likeness (QED) is 0.404. The summed E-state index contributed by atoms with van der Waals surface area (Å²) in [6.07, 6.45) is 0. The first-order chi connectivity index (χ1) is 14.2. The van der Waals surface area contributed by atoms with Gasteiger partial charge in [0.2, 0.25) is 0 Å². The number of non-ortho nitro benzene ring substituents is 1. The molecule has 0 saturated carbocycles. The van der Waals surface area contributed by atoms with Crippen LogP contribution in [0.4, 0.5) is 11.4 Å². The predicted molar refractivity (Wildman–Crippen MR) is 113 cm³/mol. The molecule has 1 aliphatic heterocycles. The Hall–Kier alpha value is -3.39. The molecule has 0 aromatic heterocycles. The fourth-order valence-electron chi connectivity index (χ4n) is 3.13. The highest BCUT2D eigenvalue weighted by molar-refractivity contribution is 6.36. The first-order valence-electron chi connectivity index (χ1n) is 9.18. The number of benzene rings is 2. The number of imide groups is 1. The van der Waals surface area contributed by atoms with E-state index >= 15 is 0 Å². The molecule has 2 aromatic carbocycles. The zero-order chi connectivity index (χ0) is 22.0. The van der Waals surface area contributed by atoms with Crippen molar-refractivity contribution in [2.75, 3.05) is 19.0 Å². The van der Waals surface area contributed by atoms with Crippen molar-refractivity contribution >= 4 is 40.4 Å². The third-order valence-electron chi connectivity index (χ3n) is 4.50. The largest absolute Gasteiger partial charge is 0.495 e. The standard InChI is InChI=1S/C21H20ClN3O5/c1-12(2)11-24-20(26)18(13-4-7-15(8-5-13)25(28)29)19(21(24)27)23-14-6-9-17(30-3)16(22)10-14/h4-10,12,23H,11H2,1-3H3. The lowest BCUT2D eigenvalue weighted by atomic mass is 10.0. The van der Waals surface area contributed by atoms with Gasteiger partial charge in [-0.2, -0.15) is 0 Å². The molecule has 0 unspecified atom stereocenters. The number of amides is 2. The maximum Gasteiger partial charge on any atom is 0.278 e. The lowest BCUT2D eigenvalue weighted by Gasteiger charge is -2.17. The molecule has 8 nitrogen and oxygen atoms in total. The van der Waals surface area contributed by atoms with Crippen molar-refractivity contribution in [2.24, 2.45) is 5.92 Å².